The molecule has 0 spiro atoms. The fourth-order valence-electron chi connectivity index (χ4n) is 1.38. The SMILES string of the molecule is CC[C@H](C)NC(=O)Nc1cc(N([O-])[O-])cc(N(O)O)c1. The van der Waals surface area contributed by atoms with E-state index in [9.17, 15) is 15.2 Å². The van der Waals surface area contributed by atoms with Gasteiger partial charge in [-0.2, -0.15) is 0 Å². The highest BCUT2D eigenvalue weighted by molar-refractivity contribution is 5.91. The van der Waals surface area contributed by atoms with E-state index < -0.39 is 11.3 Å². The lowest BCUT2D eigenvalue weighted by Crippen LogP contribution is -2.35. The van der Waals surface area contributed by atoms with Crippen molar-refractivity contribution in [1.29, 1.82) is 0 Å². The highest BCUT2D eigenvalue weighted by Gasteiger charge is 2.09. The van der Waals surface area contributed by atoms with Crippen LogP contribution in [-0.4, -0.2) is 22.5 Å². The van der Waals surface area contributed by atoms with Gasteiger partial charge in [-0.15, -0.1) is 5.23 Å². The summed E-state index contributed by atoms with van der Waals surface area (Å²) in [5.41, 5.74) is -0.546. The predicted molar refractivity (Wildman–Crippen MR) is 73.6 cm³/mol. The van der Waals surface area contributed by atoms with Gasteiger partial charge in [-0.3, -0.25) is 10.4 Å². The Labute approximate surface area is 115 Å². The van der Waals surface area contributed by atoms with Crippen LogP contribution in [0.3, 0.4) is 0 Å². The Balaban J connectivity index is 2.91. The van der Waals surface area contributed by atoms with Crippen molar-refractivity contribution in [2.45, 2.75) is 26.3 Å². The van der Waals surface area contributed by atoms with Crippen molar-refractivity contribution >= 4 is 23.1 Å². The monoisotopic (exact) mass is 284 g/mol. The topological polar surface area (TPSA) is 134 Å². The smallest absolute Gasteiger partial charge is 0.319 e. The average Bonchev–Trinajstić information content (AvgIpc) is 2.37. The number of carbonyl (C=O) groups excluding carboxylic acids is 1. The molecule has 9 nitrogen and oxygen atoms in total. The van der Waals surface area contributed by atoms with Crippen LogP contribution in [0.1, 0.15) is 20.3 Å². The van der Waals surface area contributed by atoms with Gasteiger partial charge in [0, 0.05) is 17.4 Å². The zero-order chi connectivity index (χ0) is 15.3. The van der Waals surface area contributed by atoms with Crippen molar-refractivity contribution in [2.24, 2.45) is 0 Å². The number of benzene rings is 1. The molecule has 9 heteroatoms. The summed E-state index contributed by atoms with van der Waals surface area (Å²) in [5.74, 6) is 0. The molecule has 1 aromatic rings. The Kier molecular flexibility index (Phi) is 5.53. The molecular weight excluding hydrogens is 268 g/mol. The molecule has 0 aromatic heterocycles. The largest absolute Gasteiger partial charge is 0.769 e. The van der Waals surface area contributed by atoms with E-state index in [1.165, 1.54) is 6.07 Å². The molecule has 0 aliphatic rings. The van der Waals surface area contributed by atoms with Crippen molar-refractivity contribution in [1.82, 2.24) is 5.32 Å². The molecule has 0 aliphatic carbocycles. The lowest BCUT2D eigenvalue weighted by atomic mass is 10.2. The highest BCUT2D eigenvalue weighted by atomic mass is 16.8. The molecule has 20 heavy (non-hydrogen) atoms. The molecule has 1 aromatic carbocycles. The number of urea groups is 1. The lowest BCUT2D eigenvalue weighted by molar-refractivity contribution is 0.0292. The lowest BCUT2D eigenvalue weighted by Gasteiger charge is -2.38. The van der Waals surface area contributed by atoms with Gasteiger partial charge in [0.05, 0.1) is 5.69 Å². The molecule has 0 radical (unpaired) electrons. The molecule has 1 atom stereocenters. The van der Waals surface area contributed by atoms with E-state index in [-0.39, 0.29) is 28.3 Å². The first-order valence-corrected chi connectivity index (χ1v) is 5.88. The molecule has 0 fully saturated rings. The Bertz CT molecular complexity index is 440. The van der Waals surface area contributed by atoms with E-state index >= 15 is 0 Å². The van der Waals surface area contributed by atoms with Crippen LogP contribution < -0.4 is 21.1 Å². The number of carbonyl (C=O) groups is 1. The van der Waals surface area contributed by atoms with Crippen LogP contribution in [0.15, 0.2) is 18.2 Å². The minimum Gasteiger partial charge on any atom is -0.769 e. The Hall–Kier alpha value is -2.07. The number of nitrogens with zero attached hydrogens (tertiary/aromatic N) is 2. The third-order valence-corrected chi connectivity index (χ3v) is 2.59. The Morgan fingerprint density at radius 1 is 1.30 bits per heavy atom. The molecule has 2 amide bonds. The highest BCUT2D eigenvalue weighted by Crippen LogP contribution is 2.26. The van der Waals surface area contributed by atoms with Gasteiger partial charge >= 0.3 is 6.03 Å². The fourth-order valence-corrected chi connectivity index (χ4v) is 1.38. The van der Waals surface area contributed by atoms with Gasteiger partial charge in [0.25, 0.3) is 0 Å². The van der Waals surface area contributed by atoms with Gasteiger partial charge in [-0.25, -0.2) is 4.79 Å². The second kappa shape index (κ2) is 6.91. The fraction of sp³-hybridized carbons (Fsp3) is 0.364. The van der Waals surface area contributed by atoms with Crippen LogP contribution >= 0.6 is 0 Å². The second-order valence-corrected chi connectivity index (χ2v) is 4.19. The van der Waals surface area contributed by atoms with Crippen LogP contribution in [-0.2, 0) is 0 Å². The number of amides is 2. The van der Waals surface area contributed by atoms with Crippen LogP contribution in [0.5, 0.6) is 0 Å². The maximum atomic E-state index is 11.6. The summed E-state index contributed by atoms with van der Waals surface area (Å²) in [7, 11) is 0. The van der Waals surface area contributed by atoms with E-state index in [0.717, 1.165) is 18.6 Å². The van der Waals surface area contributed by atoms with Crippen molar-refractivity contribution in [3.63, 3.8) is 0 Å². The third-order valence-electron chi connectivity index (χ3n) is 2.59. The van der Waals surface area contributed by atoms with Crippen LogP contribution in [0.25, 0.3) is 0 Å². The quantitative estimate of drug-likeness (QED) is 0.607. The number of anilines is 3. The minimum atomic E-state index is -0.704. The van der Waals surface area contributed by atoms with E-state index in [0.29, 0.717) is 0 Å². The molecule has 0 aliphatic heterocycles. The number of hydrogen-bond acceptors (Lipinski definition) is 7. The number of rotatable bonds is 5. The van der Waals surface area contributed by atoms with Gasteiger partial charge < -0.3 is 26.3 Å². The summed E-state index contributed by atoms with van der Waals surface area (Å²) in [6.45, 7) is 3.70. The van der Waals surface area contributed by atoms with Crippen molar-refractivity contribution in [3.05, 3.63) is 28.6 Å². The van der Waals surface area contributed by atoms with Crippen LogP contribution in [0.2, 0.25) is 0 Å². The summed E-state index contributed by atoms with van der Waals surface area (Å²) in [5, 5.41) is 43.3. The first-order valence-electron chi connectivity index (χ1n) is 5.88. The molecule has 1 rings (SSSR count). The van der Waals surface area contributed by atoms with Crippen LogP contribution in [0, 0.1) is 10.4 Å². The molecule has 0 heterocycles. The Morgan fingerprint density at radius 2 is 1.90 bits per heavy atom. The van der Waals surface area contributed by atoms with Crippen molar-refractivity contribution < 1.29 is 15.2 Å². The van der Waals surface area contributed by atoms with Gasteiger partial charge in [0.2, 0.25) is 0 Å². The van der Waals surface area contributed by atoms with E-state index in [1.54, 1.807) is 0 Å². The first kappa shape index (κ1) is 16.0. The predicted octanol–water partition coefficient (Wildman–Crippen LogP) is 1.99. The summed E-state index contributed by atoms with van der Waals surface area (Å²) < 4.78 is 0. The third kappa shape index (κ3) is 4.55. The minimum absolute atomic E-state index is 0.0552. The number of nitrogens with one attached hydrogen (secondary N) is 2. The summed E-state index contributed by atoms with van der Waals surface area (Å²) in [6, 6.07) is 2.66. The van der Waals surface area contributed by atoms with Gasteiger partial charge in [0.1, 0.15) is 0 Å². The molecule has 0 saturated carbocycles. The molecular formula is C11H16N4O5-2. The summed E-state index contributed by atoms with van der Waals surface area (Å²) >= 11 is 0. The second-order valence-electron chi connectivity index (χ2n) is 4.19. The maximum absolute atomic E-state index is 11.6. The summed E-state index contributed by atoms with van der Waals surface area (Å²) in [6.07, 6.45) is 0.731. The van der Waals surface area contributed by atoms with E-state index in [4.69, 9.17) is 10.4 Å². The number of hydrogen-bond donors (Lipinski definition) is 4. The first-order chi connectivity index (χ1) is 9.33. The summed E-state index contributed by atoms with van der Waals surface area (Å²) in [4.78, 5) is 11.6. The molecule has 4 N–H and O–H groups in total. The molecule has 112 valence electrons. The molecule has 0 saturated heterocycles. The van der Waals surface area contributed by atoms with Gasteiger partial charge in [-0.05, 0) is 31.5 Å². The van der Waals surface area contributed by atoms with Gasteiger partial charge in [0.15, 0.2) is 0 Å². The van der Waals surface area contributed by atoms with E-state index in [2.05, 4.69) is 10.6 Å². The standard InChI is InChI=1S/C11H16N4O5/c1-3-7(2)12-11(16)13-8-4-9(14(17)18)6-10(5-8)15(19)20/h4-7,17-18H,3H2,1-2H3,(H2,12,13,16)/q-2/t7-/m0/s1. The van der Waals surface area contributed by atoms with Crippen LogP contribution in [0.4, 0.5) is 21.9 Å². The average molecular weight is 284 g/mol. The van der Waals surface area contributed by atoms with E-state index in [1.807, 2.05) is 13.8 Å². The Morgan fingerprint density at radius 3 is 2.40 bits per heavy atom. The van der Waals surface area contributed by atoms with Crippen molar-refractivity contribution in [3.8, 4) is 0 Å². The molecule has 0 unspecified atom stereocenters. The normalized spacial score (nSPS) is 11.7. The zero-order valence-electron chi connectivity index (χ0n) is 11.0. The molecule has 0 bridgehead atoms. The van der Waals surface area contributed by atoms with Gasteiger partial charge in [-0.1, -0.05) is 6.92 Å². The zero-order valence-corrected chi connectivity index (χ0v) is 11.0. The maximum Gasteiger partial charge on any atom is 0.319 e. The van der Waals surface area contributed by atoms with Crippen molar-refractivity contribution in [2.75, 3.05) is 15.8 Å².